The average Bonchev–Trinajstić information content (AvgIpc) is 3.40. The molecule has 0 radical (unpaired) electrons. The van der Waals surface area contributed by atoms with Crippen molar-refractivity contribution in [1.29, 1.82) is 0 Å². The standard InChI is InChI=1S/C22H23N3O5/c1-4-11-25-18(20(27)24-12-13-5-7-14(29-3)8-6-13)22-10-9-15(30-22)16(19(26)23-2)17(22)21(25)28/h1,5-10,15-18H,11-12H2,2-3H3,(H,23,26)(H,24,27)/t15-,16+,17+,18+,22+/m0/s1. The molecular weight excluding hydrogens is 386 g/mol. The predicted octanol–water partition coefficient (Wildman–Crippen LogP) is -0.159. The van der Waals surface area contributed by atoms with Gasteiger partial charge in [-0.05, 0) is 17.7 Å². The summed E-state index contributed by atoms with van der Waals surface area (Å²) < 4.78 is 11.2. The molecule has 1 aromatic carbocycles. The topological polar surface area (TPSA) is 97.0 Å². The fourth-order valence-corrected chi connectivity index (χ4v) is 4.73. The van der Waals surface area contributed by atoms with Gasteiger partial charge in [0.15, 0.2) is 0 Å². The van der Waals surface area contributed by atoms with Crippen LogP contribution in [0.4, 0.5) is 0 Å². The fraction of sp³-hybridized carbons (Fsp3) is 0.409. The van der Waals surface area contributed by atoms with Crippen LogP contribution in [-0.2, 0) is 25.7 Å². The molecule has 0 aromatic heterocycles. The number of methoxy groups -OCH3 is 1. The first kappa shape index (κ1) is 20.0. The monoisotopic (exact) mass is 409 g/mol. The number of fused-ring (bicyclic) bond motifs is 1. The molecule has 1 spiro atoms. The van der Waals surface area contributed by atoms with Gasteiger partial charge in [0, 0.05) is 13.6 Å². The van der Waals surface area contributed by atoms with E-state index in [0.29, 0.717) is 0 Å². The quantitative estimate of drug-likeness (QED) is 0.503. The number of amides is 3. The van der Waals surface area contributed by atoms with E-state index in [-0.39, 0.29) is 30.8 Å². The van der Waals surface area contributed by atoms with Gasteiger partial charge in [-0.25, -0.2) is 0 Å². The molecule has 0 aliphatic carbocycles. The van der Waals surface area contributed by atoms with E-state index in [2.05, 4.69) is 16.6 Å². The van der Waals surface area contributed by atoms with E-state index in [9.17, 15) is 14.4 Å². The van der Waals surface area contributed by atoms with Gasteiger partial charge in [0.25, 0.3) is 0 Å². The number of nitrogens with zero attached hydrogens (tertiary/aromatic N) is 1. The van der Waals surface area contributed by atoms with Crippen LogP contribution in [0.15, 0.2) is 36.4 Å². The molecule has 0 unspecified atom stereocenters. The second kappa shape index (κ2) is 7.50. The van der Waals surface area contributed by atoms with Crippen LogP contribution in [0.5, 0.6) is 5.75 Å². The summed E-state index contributed by atoms with van der Waals surface area (Å²) in [7, 11) is 3.10. The highest BCUT2D eigenvalue weighted by Crippen LogP contribution is 2.54. The number of carbonyl (C=O) groups excluding carboxylic acids is 3. The highest BCUT2D eigenvalue weighted by Gasteiger charge is 2.72. The number of terminal acetylenes is 1. The third-order valence-corrected chi connectivity index (χ3v) is 6.06. The molecular formula is C22H23N3O5. The number of hydrogen-bond acceptors (Lipinski definition) is 5. The molecule has 1 aromatic rings. The Kier molecular flexibility index (Phi) is 5.00. The third-order valence-electron chi connectivity index (χ3n) is 6.06. The Morgan fingerprint density at radius 2 is 2.03 bits per heavy atom. The van der Waals surface area contributed by atoms with Gasteiger partial charge in [0.1, 0.15) is 17.4 Å². The predicted molar refractivity (Wildman–Crippen MR) is 107 cm³/mol. The minimum atomic E-state index is -1.19. The van der Waals surface area contributed by atoms with E-state index in [1.807, 2.05) is 12.1 Å². The summed E-state index contributed by atoms with van der Waals surface area (Å²) >= 11 is 0. The Morgan fingerprint density at radius 1 is 1.30 bits per heavy atom. The van der Waals surface area contributed by atoms with Gasteiger partial charge >= 0.3 is 0 Å². The minimum absolute atomic E-state index is 0.0416. The van der Waals surface area contributed by atoms with Crippen LogP contribution >= 0.6 is 0 Å². The summed E-state index contributed by atoms with van der Waals surface area (Å²) in [6.07, 6.45) is 8.43. The molecule has 8 heteroatoms. The molecule has 5 atom stereocenters. The van der Waals surface area contributed by atoms with Crippen molar-refractivity contribution < 1.29 is 23.9 Å². The zero-order chi connectivity index (χ0) is 21.5. The number of carbonyl (C=O) groups is 3. The molecule has 2 bridgehead atoms. The lowest BCUT2D eigenvalue weighted by Crippen LogP contribution is -2.54. The zero-order valence-corrected chi connectivity index (χ0v) is 16.8. The molecule has 0 saturated carbocycles. The molecule has 3 heterocycles. The van der Waals surface area contributed by atoms with Crippen molar-refractivity contribution in [2.75, 3.05) is 20.7 Å². The van der Waals surface area contributed by atoms with E-state index in [1.165, 1.54) is 11.9 Å². The lowest BCUT2D eigenvalue weighted by atomic mass is 9.74. The Balaban J connectivity index is 1.60. The van der Waals surface area contributed by atoms with Crippen LogP contribution in [0.3, 0.4) is 0 Å². The largest absolute Gasteiger partial charge is 0.497 e. The van der Waals surface area contributed by atoms with Crippen molar-refractivity contribution in [2.24, 2.45) is 11.8 Å². The molecule has 2 saturated heterocycles. The maximum Gasteiger partial charge on any atom is 0.246 e. The van der Waals surface area contributed by atoms with Crippen molar-refractivity contribution in [3.8, 4) is 18.1 Å². The number of likely N-dealkylation sites (tertiary alicyclic amines) is 1. The Hall–Kier alpha value is -3.31. The van der Waals surface area contributed by atoms with Crippen LogP contribution in [-0.4, -0.2) is 61.1 Å². The van der Waals surface area contributed by atoms with Crippen molar-refractivity contribution in [1.82, 2.24) is 15.5 Å². The first-order chi connectivity index (χ1) is 14.5. The molecule has 30 heavy (non-hydrogen) atoms. The summed E-state index contributed by atoms with van der Waals surface area (Å²) in [4.78, 5) is 40.2. The summed E-state index contributed by atoms with van der Waals surface area (Å²) in [6.45, 7) is 0.226. The molecule has 2 fully saturated rings. The van der Waals surface area contributed by atoms with Crippen LogP contribution in [0.1, 0.15) is 5.56 Å². The maximum absolute atomic E-state index is 13.2. The van der Waals surface area contributed by atoms with Gasteiger partial charge in [-0.2, -0.15) is 0 Å². The second-order valence-electron chi connectivity index (χ2n) is 7.55. The van der Waals surface area contributed by atoms with Crippen molar-refractivity contribution >= 4 is 17.7 Å². The zero-order valence-electron chi connectivity index (χ0n) is 16.8. The summed E-state index contributed by atoms with van der Waals surface area (Å²) in [5.41, 5.74) is -0.318. The van der Waals surface area contributed by atoms with Gasteiger partial charge in [0.05, 0.1) is 31.6 Å². The Labute approximate surface area is 174 Å². The lowest BCUT2D eigenvalue weighted by Gasteiger charge is -2.31. The normalized spacial score (nSPS) is 30.7. The van der Waals surface area contributed by atoms with Crippen molar-refractivity contribution in [3.63, 3.8) is 0 Å². The number of hydrogen-bond donors (Lipinski definition) is 2. The van der Waals surface area contributed by atoms with Gasteiger partial charge < -0.3 is 25.0 Å². The fourth-order valence-electron chi connectivity index (χ4n) is 4.73. The molecule has 3 aliphatic heterocycles. The maximum atomic E-state index is 13.2. The first-order valence-corrected chi connectivity index (χ1v) is 9.70. The summed E-state index contributed by atoms with van der Waals surface area (Å²) in [6, 6.07) is 6.35. The van der Waals surface area contributed by atoms with Crippen molar-refractivity contribution in [3.05, 3.63) is 42.0 Å². The number of rotatable bonds is 6. The van der Waals surface area contributed by atoms with Gasteiger partial charge in [-0.15, -0.1) is 6.42 Å². The average molecular weight is 409 g/mol. The number of nitrogens with one attached hydrogen (secondary N) is 2. The number of benzene rings is 1. The van der Waals surface area contributed by atoms with E-state index < -0.39 is 29.6 Å². The summed E-state index contributed by atoms with van der Waals surface area (Å²) in [5, 5.41) is 5.47. The Morgan fingerprint density at radius 3 is 2.67 bits per heavy atom. The molecule has 3 aliphatic rings. The van der Waals surface area contributed by atoms with E-state index in [1.54, 1.807) is 31.4 Å². The van der Waals surface area contributed by atoms with Crippen LogP contribution in [0.2, 0.25) is 0 Å². The summed E-state index contributed by atoms with van der Waals surface area (Å²) in [5.74, 6) is 0.697. The molecule has 3 amide bonds. The molecule has 4 rings (SSSR count). The molecule has 8 nitrogen and oxygen atoms in total. The molecule has 2 N–H and O–H groups in total. The Bertz CT molecular complexity index is 951. The highest BCUT2D eigenvalue weighted by molar-refractivity contribution is 5.99. The van der Waals surface area contributed by atoms with E-state index in [0.717, 1.165) is 11.3 Å². The van der Waals surface area contributed by atoms with Crippen LogP contribution < -0.4 is 15.4 Å². The smallest absolute Gasteiger partial charge is 0.246 e. The molecule has 156 valence electrons. The lowest BCUT2D eigenvalue weighted by molar-refractivity contribution is -0.141. The second-order valence-corrected chi connectivity index (χ2v) is 7.55. The third kappa shape index (κ3) is 2.85. The highest BCUT2D eigenvalue weighted by atomic mass is 16.5. The van der Waals surface area contributed by atoms with Crippen LogP contribution in [0, 0.1) is 24.2 Å². The first-order valence-electron chi connectivity index (χ1n) is 9.70. The number of ether oxygens (including phenoxy) is 2. The minimum Gasteiger partial charge on any atom is -0.497 e. The SMILES string of the molecule is C#CCN1C(=O)[C@H]2[C@H](C(=O)NC)[C@@H]3C=C[C@]2(O3)[C@H]1C(=O)NCc1ccc(OC)cc1. The van der Waals surface area contributed by atoms with Crippen molar-refractivity contribution in [2.45, 2.75) is 24.3 Å². The van der Waals surface area contributed by atoms with Gasteiger partial charge in [-0.3, -0.25) is 14.4 Å². The van der Waals surface area contributed by atoms with E-state index in [4.69, 9.17) is 15.9 Å². The van der Waals surface area contributed by atoms with Crippen LogP contribution in [0.25, 0.3) is 0 Å². The van der Waals surface area contributed by atoms with Gasteiger partial charge in [0.2, 0.25) is 17.7 Å². The van der Waals surface area contributed by atoms with Gasteiger partial charge in [-0.1, -0.05) is 30.2 Å². The van der Waals surface area contributed by atoms with E-state index >= 15 is 0 Å².